The second-order valence-electron chi connectivity index (χ2n) is 4.77. The Morgan fingerprint density at radius 2 is 2.04 bits per heavy atom. The number of thioether (sulfide) groups is 1. The van der Waals surface area contributed by atoms with Gasteiger partial charge < -0.3 is 14.8 Å². The molecule has 0 bridgehead atoms. The van der Waals surface area contributed by atoms with Gasteiger partial charge in [-0.15, -0.1) is 10.2 Å². The number of nitrogens with one attached hydrogen (secondary N) is 1. The number of rotatable bonds is 5. The zero-order valence-corrected chi connectivity index (χ0v) is 13.8. The number of phenolic OH excluding ortho intramolecular Hbond substituents is 1. The molecule has 0 spiro atoms. The molecular weight excluding hydrogens is 350 g/mol. The van der Waals surface area contributed by atoms with Crippen molar-refractivity contribution in [2.75, 3.05) is 11.1 Å². The van der Waals surface area contributed by atoms with Crippen LogP contribution in [0.1, 0.15) is 0 Å². The topological polar surface area (TPSA) is 88.2 Å². The van der Waals surface area contributed by atoms with Crippen LogP contribution < -0.4 is 5.32 Å². The zero-order valence-electron chi connectivity index (χ0n) is 12.3. The molecule has 1 amide bonds. The molecule has 0 unspecified atom stereocenters. The standard InChI is InChI=1S/C16H12ClN3O3S/c17-11-4-1-3-10(7-11)15-19-20-16(23-15)24-9-14(22)18-12-5-2-6-13(21)8-12/h1-8,21H,9H2,(H,18,22). The van der Waals surface area contributed by atoms with Crippen molar-refractivity contribution in [3.05, 3.63) is 53.6 Å². The fourth-order valence-corrected chi connectivity index (χ4v) is 2.67. The van der Waals surface area contributed by atoms with E-state index in [1.807, 2.05) is 6.07 Å². The number of carbonyl (C=O) groups excluding carboxylic acids is 1. The van der Waals surface area contributed by atoms with E-state index in [1.165, 1.54) is 12.1 Å². The number of aromatic nitrogens is 2. The molecule has 24 heavy (non-hydrogen) atoms. The van der Waals surface area contributed by atoms with Crippen LogP contribution in [0.3, 0.4) is 0 Å². The monoisotopic (exact) mass is 361 g/mol. The number of nitrogens with zero attached hydrogens (tertiary/aromatic N) is 2. The van der Waals surface area contributed by atoms with Gasteiger partial charge in [-0.1, -0.05) is 35.5 Å². The Bertz CT molecular complexity index is 869. The molecule has 8 heteroatoms. The Labute approximate surface area is 146 Å². The SMILES string of the molecule is O=C(CSc1nnc(-c2cccc(Cl)c2)o1)Nc1cccc(O)c1. The van der Waals surface area contributed by atoms with E-state index in [0.717, 1.165) is 11.8 Å². The lowest BCUT2D eigenvalue weighted by Gasteiger charge is -2.03. The molecule has 0 saturated heterocycles. The Kier molecular flexibility index (Phi) is 5.02. The van der Waals surface area contributed by atoms with Gasteiger partial charge in [-0.05, 0) is 30.3 Å². The third-order valence-corrected chi connectivity index (χ3v) is 3.99. The molecule has 2 aromatic carbocycles. The van der Waals surface area contributed by atoms with Crippen molar-refractivity contribution in [3.63, 3.8) is 0 Å². The minimum Gasteiger partial charge on any atom is -0.508 e. The first kappa shape index (κ1) is 16.4. The largest absolute Gasteiger partial charge is 0.508 e. The van der Waals surface area contributed by atoms with Gasteiger partial charge in [0.1, 0.15) is 5.75 Å². The van der Waals surface area contributed by atoms with E-state index in [-0.39, 0.29) is 22.6 Å². The summed E-state index contributed by atoms with van der Waals surface area (Å²) >= 11 is 7.05. The molecule has 1 aromatic heterocycles. The Morgan fingerprint density at radius 1 is 1.21 bits per heavy atom. The predicted octanol–water partition coefficient (Wildman–Crippen LogP) is 3.83. The lowest BCUT2D eigenvalue weighted by molar-refractivity contribution is -0.113. The highest BCUT2D eigenvalue weighted by Crippen LogP contribution is 2.25. The molecule has 0 fully saturated rings. The first-order valence-corrected chi connectivity index (χ1v) is 8.27. The maximum atomic E-state index is 11.9. The summed E-state index contributed by atoms with van der Waals surface area (Å²) in [5.41, 5.74) is 1.23. The minimum atomic E-state index is -0.242. The second-order valence-corrected chi connectivity index (χ2v) is 6.13. The van der Waals surface area contributed by atoms with Gasteiger partial charge in [0.15, 0.2) is 0 Å². The van der Waals surface area contributed by atoms with E-state index in [4.69, 9.17) is 16.0 Å². The van der Waals surface area contributed by atoms with Gasteiger partial charge >= 0.3 is 0 Å². The number of benzene rings is 2. The van der Waals surface area contributed by atoms with Crippen molar-refractivity contribution in [3.8, 4) is 17.2 Å². The molecule has 0 aliphatic rings. The second kappa shape index (κ2) is 7.37. The number of hydrogen-bond donors (Lipinski definition) is 2. The van der Waals surface area contributed by atoms with E-state index >= 15 is 0 Å². The highest BCUT2D eigenvalue weighted by Gasteiger charge is 2.11. The Morgan fingerprint density at radius 3 is 2.83 bits per heavy atom. The van der Waals surface area contributed by atoms with Crippen LogP contribution in [0.2, 0.25) is 5.02 Å². The van der Waals surface area contributed by atoms with E-state index in [9.17, 15) is 9.90 Å². The fourth-order valence-electron chi connectivity index (χ4n) is 1.91. The van der Waals surface area contributed by atoms with Crippen molar-refractivity contribution >= 4 is 35.0 Å². The molecule has 3 aromatic rings. The third-order valence-electron chi connectivity index (χ3n) is 2.93. The summed E-state index contributed by atoms with van der Waals surface area (Å²) in [6.45, 7) is 0. The first-order chi connectivity index (χ1) is 11.6. The highest BCUT2D eigenvalue weighted by atomic mass is 35.5. The molecule has 6 nitrogen and oxygen atoms in total. The number of aromatic hydroxyl groups is 1. The molecule has 2 N–H and O–H groups in total. The normalized spacial score (nSPS) is 10.5. The molecule has 122 valence electrons. The maximum Gasteiger partial charge on any atom is 0.277 e. The summed E-state index contributed by atoms with van der Waals surface area (Å²) in [4.78, 5) is 11.9. The van der Waals surface area contributed by atoms with Crippen LogP contribution in [-0.4, -0.2) is 27.0 Å². The number of amides is 1. The van der Waals surface area contributed by atoms with Gasteiger partial charge in [-0.3, -0.25) is 4.79 Å². The van der Waals surface area contributed by atoms with Crippen LogP contribution in [0.5, 0.6) is 5.75 Å². The summed E-state index contributed by atoms with van der Waals surface area (Å²) < 4.78 is 5.51. The van der Waals surface area contributed by atoms with Crippen molar-refractivity contribution in [1.82, 2.24) is 10.2 Å². The van der Waals surface area contributed by atoms with E-state index in [2.05, 4.69) is 15.5 Å². The Balaban J connectivity index is 1.58. The summed E-state index contributed by atoms with van der Waals surface area (Å²) in [7, 11) is 0. The van der Waals surface area contributed by atoms with Crippen LogP contribution >= 0.6 is 23.4 Å². The fraction of sp³-hybridized carbons (Fsp3) is 0.0625. The number of hydrogen-bond acceptors (Lipinski definition) is 6. The lowest BCUT2D eigenvalue weighted by atomic mass is 10.2. The van der Waals surface area contributed by atoms with Gasteiger partial charge in [0.05, 0.1) is 5.75 Å². The van der Waals surface area contributed by atoms with Gasteiger partial charge in [-0.2, -0.15) is 0 Å². The summed E-state index contributed by atoms with van der Waals surface area (Å²) in [5, 5.41) is 20.7. The number of carbonyl (C=O) groups is 1. The smallest absolute Gasteiger partial charge is 0.277 e. The molecule has 0 radical (unpaired) electrons. The molecule has 0 atom stereocenters. The van der Waals surface area contributed by atoms with E-state index in [0.29, 0.717) is 22.2 Å². The lowest BCUT2D eigenvalue weighted by Crippen LogP contribution is -2.13. The molecule has 0 aliphatic heterocycles. The summed E-state index contributed by atoms with van der Waals surface area (Å²) in [6, 6.07) is 13.4. The van der Waals surface area contributed by atoms with E-state index < -0.39 is 0 Å². The molecule has 1 heterocycles. The zero-order chi connectivity index (χ0) is 16.9. The average molecular weight is 362 g/mol. The van der Waals surface area contributed by atoms with Crippen LogP contribution in [-0.2, 0) is 4.79 Å². The van der Waals surface area contributed by atoms with Crippen LogP contribution in [0.25, 0.3) is 11.5 Å². The summed E-state index contributed by atoms with van der Waals surface area (Å²) in [5.74, 6) is 0.289. The van der Waals surface area contributed by atoms with Gasteiger partial charge in [0.2, 0.25) is 11.8 Å². The quantitative estimate of drug-likeness (QED) is 0.671. The van der Waals surface area contributed by atoms with Crippen molar-refractivity contribution in [1.29, 1.82) is 0 Å². The maximum absolute atomic E-state index is 11.9. The summed E-state index contributed by atoms with van der Waals surface area (Å²) in [6.07, 6.45) is 0. The van der Waals surface area contributed by atoms with Crippen molar-refractivity contribution < 1.29 is 14.3 Å². The van der Waals surface area contributed by atoms with E-state index in [1.54, 1.807) is 30.3 Å². The van der Waals surface area contributed by atoms with Crippen LogP contribution in [0, 0.1) is 0 Å². The van der Waals surface area contributed by atoms with Crippen LogP contribution in [0.4, 0.5) is 5.69 Å². The average Bonchev–Trinajstić information content (AvgIpc) is 3.02. The Hall–Kier alpha value is -2.51. The molecule has 0 aliphatic carbocycles. The number of anilines is 1. The molecule has 3 rings (SSSR count). The van der Waals surface area contributed by atoms with Crippen LogP contribution in [0.15, 0.2) is 58.2 Å². The minimum absolute atomic E-state index is 0.0866. The number of phenols is 1. The first-order valence-electron chi connectivity index (χ1n) is 6.91. The number of halogens is 1. The highest BCUT2D eigenvalue weighted by molar-refractivity contribution is 7.99. The van der Waals surface area contributed by atoms with Gasteiger partial charge in [0.25, 0.3) is 5.22 Å². The van der Waals surface area contributed by atoms with Gasteiger partial charge in [0, 0.05) is 22.3 Å². The van der Waals surface area contributed by atoms with Crippen molar-refractivity contribution in [2.45, 2.75) is 5.22 Å². The third kappa shape index (κ3) is 4.27. The molecule has 0 saturated carbocycles. The van der Waals surface area contributed by atoms with Gasteiger partial charge in [-0.25, -0.2) is 0 Å². The molecular formula is C16H12ClN3O3S. The predicted molar refractivity (Wildman–Crippen MR) is 92.2 cm³/mol. The van der Waals surface area contributed by atoms with Crippen molar-refractivity contribution in [2.24, 2.45) is 0 Å².